The first-order valence-corrected chi connectivity index (χ1v) is 13.0. The molecule has 0 radical (unpaired) electrons. The van der Waals surface area contributed by atoms with Gasteiger partial charge in [-0.05, 0) is 73.9 Å². The number of aliphatic hydroxyl groups is 1. The largest absolute Gasteiger partial charge is 0.462 e. The van der Waals surface area contributed by atoms with Crippen molar-refractivity contribution in [3.8, 4) is 0 Å². The van der Waals surface area contributed by atoms with Crippen LogP contribution in [-0.4, -0.2) is 38.7 Å². The number of hydrogen-bond acceptors (Lipinski definition) is 6. The molecule has 3 rings (SSSR count). The zero-order valence-corrected chi connectivity index (χ0v) is 20.9. The number of benzene rings is 3. The van der Waals surface area contributed by atoms with E-state index in [4.69, 9.17) is 16.3 Å². The monoisotopic (exact) mass is 519 g/mol. The second kappa shape index (κ2) is 11.8. The SMILES string of the molecule is CCOC(=O)c1ccc(S(=O)(=O)c2ccc(C[C@@H](C)NC[C@@H](O)c3cccc(Cl)c3)cc2)cc1F. The Morgan fingerprint density at radius 1 is 1.09 bits per heavy atom. The van der Waals surface area contributed by atoms with Crippen LogP contribution < -0.4 is 5.32 Å². The smallest absolute Gasteiger partial charge is 0.341 e. The maximum atomic E-state index is 14.3. The first-order valence-electron chi connectivity index (χ1n) is 11.1. The van der Waals surface area contributed by atoms with Crippen molar-refractivity contribution >= 4 is 27.4 Å². The lowest BCUT2D eigenvalue weighted by molar-refractivity contribution is 0.0521. The maximum absolute atomic E-state index is 14.3. The van der Waals surface area contributed by atoms with Gasteiger partial charge in [0.05, 0.1) is 28.1 Å². The molecule has 9 heteroatoms. The highest BCUT2D eigenvalue weighted by atomic mass is 35.5. The molecule has 2 N–H and O–H groups in total. The lowest BCUT2D eigenvalue weighted by Gasteiger charge is -2.18. The summed E-state index contributed by atoms with van der Waals surface area (Å²) in [5.74, 6) is -1.80. The van der Waals surface area contributed by atoms with E-state index in [0.717, 1.165) is 23.3 Å². The number of esters is 1. The van der Waals surface area contributed by atoms with Gasteiger partial charge in [-0.3, -0.25) is 0 Å². The number of carbonyl (C=O) groups is 1. The number of halogens is 2. The standard InChI is InChI=1S/C26H27ClFNO5S/c1-3-34-26(31)23-12-11-22(15-24(23)28)35(32,33)21-9-7-18(8-10-21)13-17(2)29-16-25(30)19-5-4-6-20(27)14-19/h4-12,14-15,17,25,29-30H,3,13,16H2,1-2H3/t17-,25-/m1/s1. The van der Waals surface area contributed by atoms with Crippen LogP contribution in [0.2, 0.25) is 5.02 Å². The highest BCUT2D eigenvalue weighted by Gasteiger charge is 2.22. The molecule has 0 aromatic heterocycles. The summed E-state index contributed by atoms with van der Waals surface area (Å²) in [6, 6.07) is 16.5. The number of rotatable bonds is 10. The minimum atomic E-state index is -3.97. The predicted octanol–water partition coefficient (Wildman–Crippen LogP) is 4.74. The van der Waals surface area contributed by atoms with E-state index in [1.54, 1.807) is 43.3 Å². The summed E-state index contributed by atoms with van der Waals surface area (Å²) in [7, 11) is -3.97. The second-order valence-corrected chi connectivity index (χ2v) is 10.5. The first-order chi connectivity index (χ1) is 16.6. The number of ether oxygens (including phenoxy) is 1. The van der Waals surface area contributed by atoms with Gasteiger partial charge in [0.25, 0.3) is 0 Å². The van der Waals surface area contributed by atoms with Crippen molar-refractivity contribution in [2.24, 2.45) is 0 Å². The fourth-order valence-corrected chi connectivity index (χ4v) is 5.02. The lowest BCUT2D eigenvalue weighted by Crippen LogP contribution is -2.32. The Hall–Kier alpha value is -2.78. The van der Waals surface area contributed by atoms with Crippen LogP contribution in [0.5, 0.6) is 0 Å². The molecule has 0 aliphatic rings. The molecule has 0 amide bonds. The van der Waals surface area contributed by atoms with Gasteiger partial charge in [-0.1, -0.05) is 35.9 Å². The Balaban J connectivity index is 1.63. The van der Waals surface area contributed by atoms with Crippen LogP contribution in [-0.2, 0) is 21.0 Å². The quantitative estimate of drug-likeness (QED) is 0.376. The summed E-state index contributed by atoms with van der Waals surface area (Å²) in [6.07, 6.45) is -0.106. The molecule has 0 unspecified atom stereocenters. The van der Waals surface area contributed by atoms with Gasteiger partial charge in [-0.15, -0.1) is 0 Å². The summed E-state index contributed by atoms with van der Waals surface area (Å²) in [4.78, 5) is 11.5. The van der Waals surface area contributed by atoms with Gasteiger partial charge in [0.1, 0.15) is 5.82 Å². The molecule has 2 atom stereocenters. The van der Waals surface area contributed by atoms with Crippen LogP contribution in [0.25, 0.3) is 0 Å². The van der Waals surface area contributed by atoms with Crippen molar-refractivity contribution in [2.45, 2.75) is 42.2 Å². The van der Waals surface area contributed by atoms with Gasteiger partial charge < -0.3 is 15.2 Å². The number of sulfone groups is 1. The van der Waals surface area contributed by atoms with Crippen LogP contribution >= 0.6 is 11.6 Å². The molecular formula is C26H27ClFNO5S. The highest BCUT2D eigenvalue weighted by molar-refractivity contribution is 7.91. The minimum absolute atomic E-state index is 0.0100. The fraction of sp³-hybridized carbons (Fsp3) is 0.269. The van der Waals surface area contributed by atoms with E-state index < -0.39 is 27.7 Å². The number of hydrogen-bond donors (Lipinski definition) is 2. The van der Waals surface area contributed by atoms with Crippen LogP contribution in [0.4, 0.5) is 4.39 Å². The van der Waals surface area contributed by atoms with E-state index in [2.05, 4.69) is 5.32 Å². The molecule has 0 saturated carbocycles. The second-order valence-electron chi connectivity index (χ2n) is 8.09. The van der Waals surface area contributed by atoms with E-state index in [0.29, 0.717) is 18.0 Å². The van der Waals surface area contributed by atoms with Gasteiger partial charge in [0.15, 0.2) is 0 Å². The van der Waals surface area contributed by atoms with Gasteiger partial charge in [0.2, 0.25) is 9.84 Å². The number of carbonyl (C=O) groups excluding carboxylic acids is 1. The van der Waals surface area contributed by atoms with Crippen molar-refractivity contribution in [3.05, 3.63) is 94.3 Å². The number of nitrogens with one attached hydrogen (secondary N) is 1. The summed E-state index contributed by atoms with van der Waals surface area (Å²) in [5.41, 5.74) is 1.30. The molecule has 0 spiro atoms. The zero-order chi connectivity index (χ0) is 25.6. The van der Waals surface area contributed by atoms with E-state index >= 15 is 0 Å². The molecule has 3 aromatic rings. The molecule has 3 aromatic carbocycles. The van der Waals surface area contributed by atoms with E-state index in [-0.39, 0.29) is 28.0 Å². The molecule has 186 valence electrons. The predicted molar refractivity (Wildman–Crippen MR) is 132 cm³/mol. The Bertz CT molecular complexity index is 1280. The number of aliphatic hydroxyl groups excluding tert-OH is 1. The normalized spacial score (nSPS) is 13.3. The van der Waals surface area contributed by atoms with Gasteiger partial charge in [-0.2, -0.15) is 0 Å². The van der Waals surface area contributed by atoms with E-state index in [1.807, 2.05) is 6.92 Å². The summed E-state index contributed by atoms with van der Waals surface area (Å²) in [6.45, 7) is 3.98. The molecule has 0 bridgehead atoms. The van der Waals surface area contributed by atoms with Crippen molar-refractivity contribution in [2.75, 3.05) is 13.2 Å². The Labute approximate surface area is 209 Å². The van der Waals surface area contributed by atoms with Crippen molar-refractivity contribution in [1.82, 2.24) is 5.32 Å². The van der Waals surface area contributed by atoms with Crippen LogP contribution in [0.1, 0.15) is 41.4 Å². The van der Waals surface area contributed by atoms with Crippen molar-refractivity contribution < 1.29 is 27.4 Å². The minimum Gasteiger partial charge on any atom is -0.462 e. The van der Waals surface area contributed by atoms with E-state index in [1.165, 1.54) is 18.2 Å². The Morgan fingerprint density at radius 3 is 2.40 bits per heavy atom. The molecule has 35 heavy (non-hydrogen) atoms. The van der Waals surface area contributed by atoms with Gasteiger partial charge in [0, 0.05) is 17.6 Å². The van der Waals surface area contributed by atoms with Crippen molar-refractivity contribution in [3.63, 3.8) is 0 Å². The van der Waals surface area contributed by atoms with E-state index in [9.17, 15) is 22.7 Å². The molecule has 0 saturated heterocycles. The topological polar surface area (TPSA) is 92.7 Å². The molecular weight excluding hydrogens is 493 g/mol. The molecule has 6 nitrogen and oxygen atoms in total. The lowest BCUT2D eigenvalue weighted by atomic mass is 10.1. The third-order valence-electron chi connectivity index (χ3n) is 5.41. The first kappa shape index (κ1) is 26.8. The Morgan fingerprint density at radius 2 is 1.77 bits per heavy atom. The van der Waals surface area contributed by atoms with Crippen LogP contribution in [0, 0.1) is 5.82 Å². The molecule has 0 aliphatic carbocycles. The molecule has 0 heterocycles. The third-order valence-corrected chi connectivity index (χ3v) is 7.42. The maximum Gasteiger partial charge on any atom is 0.341 e. The summed E-state index contributed by atoms with van der Waals surface area (Å²) >= 11 is 5.97. The zero-order valence-electron chi connectivity index (χ0n) is 19.4. The average molecular weight is 520 g/mol. The van der Waals surface area contributed by atoms with Crippen LogP contribution in [0.3, 0.4) is 0 Å². The fourth-order valence-electron chi connectivity index (χ4n) is 3.55. The summed E-state index contributed by atoms with van der Waals surface area (Å²) < 4.78 is 45.0. The molecule has 0 aliphatic heterocycles. The van der Waals surface area contributed by atoms with Crippen LogP contribution in [0.15, 0.2) is 76.5 Å². The summed E-state index contributed by atoms with van der Waals surface area (Å²) in [5, 5.41) is 14.2. The van der Waals surface area contributed by atoms with Gasteiger partial charge in [-0.25, -0.2) is 17.6 Å². The highest BCUT2D eigenvalue weighted by Crippen LogP contribution is 2.24. The van der Waals surface area contributed by atoms with Gasteiger partial charge >= 0.3 is 5.97 Å². The average Bonchev–Trinajstić information content (AvgIpc) is 2.83. The third kappa shape index (κ3) is 6.89. The van der Waals surface area contributed by atoms with Crippen molar-refractivity contribution in [1.29, 1.82) is 0 Å². The molecule has 0 fully saturated rings. The Kier molecular flexibility index (Phi) is 9.02.